The first-order valence-corrected chi connectivity index (χ1v) is 10.9. The molecular formula is C14H13N5O5S3. The van der Waals surface area contributed by atoms with E-state index in [1.165, 1.54) is 23.1 Å². The standard InChI is InChI=1S/C14H13N5O5S3/c15-18-16-3-7-4-26-13-10(12(21)19(13)11(7)14(22)23)17-9(20)6-27(24)8-1-2-25-5-8/h1-2,5,10,13H,3-4,6H2,(H,17,20)(H,22,23)/t10?,13-,27?/m0/s1. The van der Waals surface area contributed by atoms with E-state index in [1.54, 1.807) is 16.8 Å². The molecule has 0 radical (unpaired) electrons. The van der Waals surface area contributed by atoms with Crippen molar-refractivity contribution in [2.75, 3.05) is 18.1 Å². The van der Waals surface area contributed by atoms with Crippen molar-refractivity contribution in [3.05, 3.63) is 38.5 Å². The van der Waals surface area contributed by atoms with Crippen LogP contribution in [-0.2, 0) is 25.2 Å². The lowest BCUT2D eigenvalue weighted by atomic mass is 10.0. The molecule has 0 bridgehead atoms. The molecule has 0 spiro atoms. The van der Waals surface area contributed by atoms with Gasteiger partial charge in [0, 0.05) is 20.9 Å². The summed E-state index contributed by atoms with van der Waals surface area (Å²) >= 11 is 2.64. The normalized spacial score (nSPS) is 22.4. The molecule has 0 aliphatic carbocycles. The van der Waals surface area contributed by atoms with Crippen LogP contribution in [0.15, 0.2) is 38.1 Å². The summed E-state index contributed by atoms with van der Waals surface area (Å²) in [5.41, 5.74) is 8.56. The third-order valence-corrected chi connectivity index (χ3v) is 7.39. The van der Waals surface area contributed by atoms with Crippen LogP contribution >= 0.6 is 23.1 Å². The Labute approximate surface area is 163 Å². The van der Waals surface area contributed by atoms with E-state index < -0.39 is 40.0 Å². The summed E-state index contributed by atoms with van der Waals surface area (Å²) in [6.45, 7) is -0.141. The molecule has 1 saturated heterocycles. The smallest absolute Gasteiger partial charge is 0.352 e. The number of carbonyl (C=O) groups is 3. The zero-order valence-electron chi connectivity index (χ0n) is 13.6. The van der Waals surface area contributed by atoms with Crippen molar-refractivity contribution in [1.29, 1.82) is 0 Å². The fraction of sp³-hybridized carbons (Fsp3) is 0.357. The molecule has 2 aliphatic rings. The van der Waals surface area contributed by atoms with E-state index in [4.69, 9.17) is 5.53 Å². The van der Waals surface area contributed by atoms with E-state index in [2.05, 4.69) is 15.3 Å². The van der Waals surface area contributed by atoms with E-state index in [0.29, 0.717) is 10.5 Å². The van der Waals surface area contributed by atoms with E-state index in [-0.39, 0.29) is 23.7 Å². The lowest BCUT2D eigenvalue weighted by molar-refractivity contribution is -0.150. The van der Waals surface area contributed by atoms with Crippen LogP contribution in [0.3, 0.4) is 0 Å². The Bertz CT molecular complexity index is 893. The van der Waals surface area contributed by atoms with E-state index in [0.717, 1.165) is 4.90 Å². The van der Waals surface area contributed by atoms with Gasteiger partial charge in [0.1, 0.15) is 22.9 Å². The highest BCUT2D eigenvalue weighted by Crippen LogP contribution is 2.40. The summed E-state index contributed by atoms with van der Waals surface area (Å²) in [6, 6.07) is 0.786. The second-order valence-corrected chi connectivity index (χ2v) is 8.89. The number of carbonyl (C=O) groups excluding carboxylic acids is 2. The molecule has 3 heterocycles. The van der Waals surface area contributed by atoms with Crippen LogP contribution in [0, 0.1) is 0 Å². The van der Waals surface area contributed by atoms with Gasteiger partial charge >= 0.3 is 5.97 Å². The first-order chi connectivity index (χ1) is 12.9. The molecule has 3 atom stereocenters. The Kier molecular flexibility index (Phi) is 5.85. The van der Waals surface area contributed by atoms with Gasteiger partial charge in [0.15, 0.2) is 0 Å². The number of azide groups is 1. The Morgan fingerprint density at radius 3 is 2.93 bits per heavy atom. The number of amides is 2. The number of thioether (sulfide) groups is 1. The lowest BCUT2D eigenvalue weighted by Gasteiger charge is -2.49. The van der Waals surface area contributed by atoms with Crippen LogP contribution in [-0.4, -0.2) is 61.5 Å². The number of hydrogen-bond donors (Lipinski definition) is 2. The van der Waals surface area contributed by atoms with Gasteiger partial charge in [-0.25, -0.2) is 4.79 Å². The van der Waals surface area contributed by atoms with E-state index in [1.807, 2.05) is 0 Å². The molecule has 10 nitrogen and oxygen atoms in total. The van der Waals surface area contributed by atoms with Crippen LogP contribution in [0.5, 0.6) is 0 Å². The highest BCUT2D eigenvalue weighted by molar-refractivity contribution is 8.00. The molecule has 27 heavy (non-hydrogen) atoms. The molecule has 2 unspecified atom stereocenters. The van der Waals surface area contributed by atoms with Gasteiger partial charge in [-0.05, 0) is 22.6 Å². The number of nitrogens with one attached hydrogen (secondary N) is 1. The number of aliphatic carboxylic acids is 1. The Morgan fingerprint density at radius 1 is 1.52 bits per heavy atom. The number of thiophene rings is 1. The quantitative estimate of drug-likeness (QED) is 0.285. The molecule has 1 aromatic heterocycles. The molecule has 13 heteroatoms. The zero-order chi connectivity index (χ0) is 19.6. The number of carboxylic acid groups (broad SMARTS) is 1. The maximum atomic E-state index is 12.4. The Balaban J connectivity index is 1.68. The van der Waals surface area contributed by atoms with Gasteiger partial charge in [0.05, 0.1) is 17.3 Å². The molecule has 3 rings (SSSR count). The van der Waals surface area contributed by atoms with Crippen molar-refractivity contribution < 1.29 is 23.7 Å². The third-order valence-electron chi connectivity index (χ3n) is 3.91. The average molecular weight is 427 g/mol. The van der Waals surface area contributed by atoms with Gasteiger partial charge in [0.2, 0.25) is 5.91 Å². The summed E-state index contributed by atoms with van der Waals surface area (Å²) in [4.78, 5) is 40.3. The van der Waals surface area contributed by atoms with Gasteiger partial charge in [-0.3, -0.25) is 18.7 Å². The van der Waals surface area contributed by atoms with Crippen molar-refractivity contribution in [1.82, 2.24) is 10.2 Å². The van der Waals surface area contributed by atoms with E-state index >= 15 is 0 Å². The monoisotopic (exact) mass is 427 g/mol. The molecule has 2 N–H and O–H groups in total. The van der Waals surface area contributed by atoms with Gasteiger partial charge in [-0.1, -0.05) is 5.11 Å². The van der Waals surface area contributed by atoms with Crippen molar-refractivity contribution in [3.8, 4) is 0 Å². The van der Waals surface area contributed by atoms with Crippen LogP contribution < -0.4 is 5.32 Å². The summed E-state index contributed by atoms with van der Waals surface area (Å²) < 4.78 is 12.1. The summed E-state index contributed by atoms with van der Waals surface area (Å²) in [6.07, 6.45) is 0. The molecule has 142 valence electrons. The van der Waals surface area contributed by atoms with Crippen LogP contribution in [0.25, 0.3) is 10.4 Å². The third kappa shape index (κ3) is 3.86. The average Bonchev–Trinajstić information content (AvgIpc) is 3.18. The maximum Gasteiger partial charge on any atom is 0.352 e. The Hall–Kier alpha value is -2.34. The number of rotatable bonds is 7. The SMILES string of the molecule is [N-]=[N+]=NCC1=C(C(=O)O)N2C(=O)C(NC(=O)CS(=O)c3ccsc3)[C@@H]2SC1. The topological polar surface area (TPSA) is 153 Å². The molecular weight excluding hydrogens is 414 g/mol. The number of hydrogen-bond acceptors (Lipinski definition) is 7. The van der Waals surface area contributed by atoms with Crippen LogP contribution in [0.1, 0.15) is 0 Å². The summed E-state index contributed by atoms with van der Waals surface area (Å²) in [7, 11) is -1.50. The van der Waals surface area contributed by atoms with Gasteiger partial charge in [-0.15, -0.1) is 11.8 Å². The number of nitrogens with zero attached hydrogens (tertiary/aromatic N) is 4. The van der Waals surface area contributed by atoms with Crippen molar-refractivity contribution in [3.63, 3.8) is 0 Å². The first kappa shape index (κ1) is 19.4. The number of carboxylic acids is 1. The maximum absolute atomic E-state index is 12.4. The van der Waals surface area contributed by atoms with Gasteiger partial charge in [0.25, 0.3) is 5.91 Å². The van der Waals surface area contributed by atoms with E-state index in [9.17, 15) is 23.7 Å². The van der Waals surface area contributed by atoms with Crippen molar-refractivity contribution >= 4 is 51.7 Å². The van der Waals surface area contributed by atoms with Crippen molar-refractivity contribution in [2.24, 2.45) is 5.11 Å². The largest absolute Gasteiger partial charge is 0.477 e. The summed E-state index contributed by atoms with van der Waals surface area (Å²) in [5.74, 6) is -2.40. The van der Waals surface area contributed by atoms with Crippen molar-refractivity contribution in [2.45, 2.75) is 16.3 Å². The minimum atomic E-state index is -1.50. The predicted molar refractivity (Wildman–Crippen MR) is 99.3 cm³/mol. The molecule has 0 aromatic carbocycles. The molecule has 1 aromatic rings. The highest BCUT2D eigenvalue weighted by Gasteiger charge is 2.54. The predicted octanol–water partition coefficient (Wildman–Crippen LogP) is 0.905. The highest BCUT2D eigenvalue weighted by atomic mass is 32.2. The van der Waals surface area contributed by atoms with Crippen LogP contribution in [0.4, 0.5) is 0 Å². The number of fused-ring (bicyclic) bond motifs is 1. The second-order valence-electron chi connectivity index (χ2n) is 5.55. The molecule has 2 amide bonds. The first-order valence-electron chi connectivity index (χ1n) is 7.54. The molecule has 1 fully saturated rings. The molecule has 0 saturated carbocycles. The van der Waals surface area contributed by atoms with Crippen LogP contribution in [0.2, 0.25) is 0 Å². The van der Waals surface area contributed by atoms with Gasteiger partial charge in [-0.2, -0.15) is 11.3 Å². The molecule has 2 aliphatic heterocycles. The minimum absolute atomic E-state index is 0.141. The van der Waals surface area contributed by atoms with Gasteiger partial charge < -0.3 is 10.4 Å². The lowest BCUT2D eigenvalue weighted by Crippen LogP contribution is -2.70. The Morgan fingerprint density at radius 2 is 2.30 bits per heavy atom. The minimum Gasteiger partial charge on any atom is -0.477 e. The second kappa shape index (κ2) is 8.13. The zero-order valence-corrected chi connectivity index (χ0v) is 16.1. The fourth-order valence-electron chi connectivity index (χ4n) is 2.72. The fourth-order valence-corrected chi connectivity index (χ4v) is 5.96. The summed E-state index contributed by atoms with van der Waals surface area (Å²) in [5, 5.41) is 18.2. The number of β-lactam (4-membered cyclic amide) rings is 1.